The smallest absolute Gasteiger partial charge is 0.326 e. The highest BCUT2D eigenvalue weighted by Crippen LogP contribution is 2.23. The lowest BCUT2D eigenvalue weighted by Crippen LogP contribution is -2.46. The fraction of sp³-hybridized carbons (Fsp3) is 0.818. The van der Waals surface area contributed by atoms with Gasteiger partial charge < -0.3 is 15.7 Å². The SMILES string of the molecule is CC[C@@H](NC(=O)NCC1CCCC1)C(=O)O. The number of aliphatic carboxylic acids is 1. The van der Waals surface area contributed by atoms with Crippen LogP contribution in [0, 0.1) is 5.92 Å². The van der Waals surface area contributed by atoms with Gasteiger partial charge in [-0.05, 0) is 25.2 Å². The number of urea groups is 1. The summed E-state index contributed by atoms with van der Waals surface area (Å²) in [6, 6.07) is -1.16. The van der Waals surface area contributed by atoms with Crippen LogP contribution < -0.4 is 10.6 Å². The summed E-state index contributed by atoms with van der Waals surface area (Å²) in [6.07, 6.45) is 5.19. The Morgan fingerprint density at radius 3 is 2.50 bits per heavy atom. The van der Waals surface area contributed by atoms with E-state index in [1.54, 1.807) is 6.92 Å². The summed E-state index contributed by atoms with van der Waals surface area (Å²) in [4.78, 5) is 22.1. The molecule has 92 valence electrons. The van der Waals surface area contributed by atoms with Gasteiger partial charge in [-0.25, -0.2) is 9.59 Å². The second kappa shape index (κ2) is 6.35. The molecule has 3 N–H and O–H groups in total. The lowest BCUT2D eigenvalue weighted by atomic mass is 10.1. The van der Waals surface area contributed by atoms with Gasteiger partial charge in [-0.2, -0.15) is 0 Å². The molecule has 2 amide bonds. The van der Waals surface area contributed by atoms with Crippen molar-refractivity contribution in [2.24, 2.45) is 5.92 Å². The maximum atomic E-state index is 11.4. The van der Waals surface area contributed by atoms with Crippen molar-refractivity contribution in [3.63, 3.8) is 0 Å². The predicted octanol–water partition coefficient (Wildman–Crippen LogP) is 1.34. The summed E-state index contributed by atoms with van der Waals surface area (Å²) in [5, 5.41) is 13.9. The molecule has 0 aromatic carbocycles. The fourth-order valence-corrected chi connectivity index (χ4v) is 2.00. The first kappa shape index (κ1) is 12.8. The first-order chi connectivity index (χ1) is 7.63. The van der Waals surface area contributed by atoms with Crippen LogP contribution in [-0.4, -0.2) is 29.7 Å². The third-order valence-electron chi connectivity index (χ3n) is 3.04. The van der Waals surface area contributed by atoms with E-state index in [9.17, 15) is 9.59 Å². The molecule has 0 aliphatic heterocycles. The molecular weight excluding hydrogens is 208 g/mol. The molecule has 0 bridgehead atoms. The maximum Gasteiger partial charge on any atom is 0.326 e. The van der Waals surface area contributed by atoms with E-state index in [4.69, 9.17) is 5.11 Å². The highest BCUT2D eigenvalue weighted by atomic mass is 16.4. The normalized spacial score (nSPS) is 18.1. The van der Waals surface area contributed by atoms with Gasteiger partial charge in [-0.15, -0.1) is 0 Å². The molecule has 1 fully saturated rings. The minimum Gasteiger partial charge on any atom is -0.480 e. The largest absolute Gasteiger partial charge is 0.480 e. The first-order valence-electron chi connectivity index (χ1n) is 5.90. The molecule has 0 unspecified atom stereocenters. The van der Waals surface area contributed by atoms with E-state index in [1.807, 2.05) is 0 Å². The van der Waals surface area contributed by atoms with Gasteiger partial charge in [0.1, 0.15) is 6.04 Å². The molecule has 1 atom stereocenters. The number of carbonyl (C=O) groups excluding carboxylic acids is 1. The molecule has 1 rings (SSSR count). The van der Waals surface area contributed by atoms with Crippen LogP contribution in [0.2, 0.25) is 0 Å². The molecule has 0 aromatic rings. The monoisotopic (exact) mass is 228 g/mol. The van der Waals surface area contributed by atoms with Crippen LogP contribution >= 0.6 is 0 Å². The summed E-state index contributed by atoms with van der Waals surface area (Å²) in [7, 11) is 0. The third kappa shape index (κ3) is 4.08. The van der Waals surface area contributed by atoms with Crippen molar-refractivity contribution in [2.45, 2.75) is 45.1 Å². The Hall–Kier alpha value is -1.26. The molecule has 0 saturated heterocycles. The highest BCUT2D eigenvalue weighted by Gasteiger charge is 2.19. The average molecular weight is 228 g/mol. The van der Waals surface area contributed by atoms with Crippen LogP contribution in [0.3, 0.4) is 0 Å². The summed E-state index contributed by atoms with van der Waals surface area (Å²) in [5.41, 5.74) is 0. The molecule has 16 heavy (non-hydrogen) atoms. The number of carboxylic acids is 1. The number of hydrogen-bond donors (Lipinski definition) is 3. The number of nitrogens with one attached hydrogen (secondary N) is 2. The van der Waals surface area contributed by atoms with E-state index in [-0.39, 0.29) is 6.03 Å². The van der Waals surface area contributed by atoms with Crippen LogP contribution in [0.5, 0.6) is 0 Å². The molecule has 5 nitrogen and oxygen atoms in total. The quantitative estimate of drug-likeness (QED) is 0.664. The number of amides is 2. The third-order valence-corrected chi connectivity index (χ3v) is 3.04. The summed E-state index contributed by atoms with van der Waals surface area (Å²) >= 11 is 0. The van der Waals surface area contributed by atoms with Crippen LogP contribution in [0.25, 0.3) is 0 Å². The zero-order valence-electron chi connectivity index (χ0n) is 9.66. The van der Waals surface area contributed by atoms with Gasteiger partial charge in [0, 0.05) is 6.54 Å². The summed E-state index contributed by atoms with van der Waals surface area (Å²) in [5.74, 6) is -0.422. The standard InChI is InChI=1S/C11H20N2O3/c1-2-9(10(14)15)13-11(16)12-7-8-5-3-4-6-8/h8-9H,2-7H2,1H3,(H,14,15)(H2,12,13,16)/t9-/m1/s1. The summed E-state index contributed by atoms with van der Waals surface area (Å²) in [6.45, 7) is 2.39. The van der Waals surface area contributed by atoms with Crippen molar-refractivity contribution in [3.8, 4) is 0 Å². The predicted molar refractivity (Wildman–Crippen MR) is 60.2 cm³/mol. The Kier molecular flexibility index (Phi) is 5.08. The lowest BCUT2D eigenvalue weighted by Gasteiger charge is -2.15. The van der Waals surface area contributed by atoms with Crippen molar-refractivity contribution in [3.05, 3.63) is 0 Å². The van der Waals surface area contributed by atoms with E-state index in [0.29, 0.717) is 18.9 Å². The van der Waals surface area contributed by atoms with E-state index in [0.717, 1.165) is 12.8 Å². The molecule has 0 radical (unpaired) electrons. The fourth-order valence-electron chi connectivity index (χ4n) is 2.00. The van der Waals surface area contributed by atoms with Gasteiger partial charge in [-0.1, -0.05) is 19.8 Å². The molecular formula is C11H20N2O3. The number of carboxylic acid groups (broad SMARTS) is 1. The first-order valence-corrected chi connectivity index (χ1v) is 5.90. The molecule has 1 aliphatic rings. The second-order valence-corrected chi connectivity index (χ2v) is 4.30. The van der Waals surface area contributed by atoms with Gasteiger partial charge in [0.25, 0.3) is 0 Å². The molecule has 1 saturated carbocycles. The van der Waals surface area contributed by atoms with Gasteiger partial charge in [0.05, 0.1) is 0 Å². The summed E-state index contributed by atoms with van der Waals surface area (Å²) < 4.78 is 0. The van der Waals surface area contributed by atoms with Gasteiger partial charge in [-0.3, -0.25) is 0 Å². The van der Waals surface area contributed by atoms with Crippen LogP contribution in [-0.2, 0) is 4.79 Å². The maximum absolute atomic E-state index is 11.4. The Labute approximate surface area is 95.6 Å². The van der Waals surface area contributed by atoms with Crippen molar-refractivity contribution in [1.82, 2.24) is 10.6 Å². The zero-order chi connectivity index (χ0) is 12.0. The Morgan fingerprint density at radius 1 is 1.38 bits per heavy atom. The van der Waals surface area contributed by atoms with E-state index in [1.165, 1.54) is 12.8 Å². The Bertz CT molecular complexity index is 250. The van der Waals surface area contributed by atoms with Crippen LogP contribution in [0.4, 0.5) is 4.79 Å². The van der Waals surface area contributed by atoms with Gasteiger partial charge in [0.15, 0.2) is 0 Å². The van der Waals surface area contributed by atoms with Crippen molar-refractivity contribution in [1.29, 1.82) is 0 Å². The molecule has 0 aromatic heterocycles. The van der Waals surface area contributed by atoms with Crippen LogP contribution in [0.15, 0.2) is 0 Å². The van der Waals surface area contributed by atoms with Gasteiger partial charge in [0.2, 0.25) is 0 Å². The molecule has 0 heterocycles. The Morgan fingerprint density at radius 2 is 2.00 bits per heavy atom. The van der Waals surface area contributed by atoms with E-state index >= 15 is 0 Å². The minimum atomic E-state index is -0.987. The average Bonchev–Trinajstić information content (AvgIpc) is 2.75. The number of rotatable bonds is 5. The number of carbonyl (C=O) groups is 2. The number of hydrogen-bond acceptors (Lipinski definition) is 2. The minimum absolute atomic E-state index is 0.374. The van der Waals surface area contributed by atoms with Crippen LogP contribution in [0.1, 0.15) is 39.0 Å². The lowest BCUT2D eigenvalue weighted by molar-refractivity contribution is -0.139. The van der Waals surface area contributed by atoms with Crippen molar-refractivity contribution < 1.29 is 14.7 Å². The Balaban J connectivity index is 2.21. The molecule has 0 spiro atoms. The molecule has 1 aliphatic carbocycles. The molecule has 5 heteroatoms. The highest BCUT2D eigenvalue weighted by molar-refractivity contribution is 5.82. The van der Waals surface area contributed by atoms with Crippen molar-refractivity contribution in [2.75, 3.05) is 6.54 Å². The van der Waals surface area contributed by atoms with Crippen molar-refractivity contribution >= 4 is 12.0 Å². The zero-order valence-corrected chi connectivity index (χ0v) is 9.66. The second-order valence-electron chi connectivity index (χ2n) is 4.30. The topological polar surface area (TPSA) is 78.4 Å². The van der Waals surface area contributed by atoms with E-state index < -0.39 is 12.0 Å². The van der Waals surface area contributed by atoms with Gasteiger partial charge >= 0.3 is 12.0 Å². The van der Waals surface area contributed by atoms with E-state index in [2.05, 4.69) is 10.6 Å².